The summed E-state index contributed by atoms with van der Waals surface area (Å²) in [5.41, 5.74) is 2.44. The molecule has 0 saturated carbocycles. The van der Waals surface area contributed by atoms with Crippen LogP contribution in [0.4, 0.5) is 0 Å². The smallest absolute Gasteiger partial charge is 0.252 e. The van der Waals surface area contributed by atoms with Crippen LogP contribution in [0.1, 0.15) is 54.6 Å². The Balaban J connectivity index is 1.69. The Kier molecular flexibility index (Phi) is 8.03. The van der Waals surface area contributed by atoms with Crippen molar-refractivity contribution in [2.75, 3.05) is 6.54 Å². The lowest BCUT2D eigenvalue weighted by molar-refractivity contribution is -0.140. The van der Waals surface area contributed by atoms with Crippen LogP contribution in [0.5, 0.6) is 0 Å². The molecule has 1 heterocycles. The van der Waals surface area contributed by atoms with Gasteiger partial charge in [-0.1, -0.05) is 62.4 Å². The van der Waals surface area contributed by atoms with Crippen LogP contribution in [-0.4, -0.2) is 41.2 Å². The second-order valence-electron chi connectivity index (χ2n) is 8.86. The number of amides is 3. The molecule has 0 aliphatic carbocycles. The van der Waals surface area contributed by atoms with Gasteiger partial charge in [-0.05, 0) is 49.3 Å². The van der Waals surface area contributed by atoms with Crippen LogP contribution in [0.3, 0.4) is 0 Å². The minimum atomic E-state index is -0.662. The van der Waals surface area contributed by atoms with Crippen molar-refractivity contribution in [3.05, 3.63) is 71.3 Å². The van der Waals surface area contributed by atoms with Crippen molar-refractivity contribution < 1.29 is 14.4 Å². The van der Waals surface area contributed by atoms with Crippen molar-refractivity contribution in [2.24, 2.45) is 5.92 Å². The molecule has 3 rings (SSSR count). The normalized spacial score (nSPS) is 16.6. The third-order valence-electron chi connectivity index (χ3n) is 5.85. The molecule has 6 nitrogen and oxygen atoms in total. The highest BCUT2D eigenvalue weighted by Gasteiger charge is 2.37. The van der Waals surface area contributed by atoms with E-state index in [2.05, 4.69) is 10.6 Å². The molecule has 2 aromatic rings. The molecule has 0 unspecified atom stereocenters. The average molecular weight is 436 g/mol. The molecule has 32 heavy (non-hydrogen) atoms. The minimum Gasteiger partial charge on any atom is -0.350 e. The van der Waals surface area contributed by atoms with Gasteiger partial charge in [0.15, 0.2) is 0 Å². The van der Waals surface area contributed by atoms with Crippen LogP contribution in [0, 0.1) is 12.8 Å². The molecular formula is C26H33N3O3. The molecule has 2 atom stereocenters. The van der Waals surface area contributed by atoms with Crippen molar-refractivity contribution >= 4 is 17.7 Å². The lowest BCUT2D eigenvalue weighted by atomic mass is 10.0. The Labute approximate surface area is 190 Å². The average Bonchev–Trinajstić information content (AvgIpc) is 3.27. The number of hydrogen-bond donors (Lipinski definition) is 2. The Morgan fingerprint density at radius 1 is 1.03 bits per heavy atom. The lowest BCUT2D eigenvalue weighted by Gasteiger charge is -2.29. The Hall–Kier alpha value is -3.15. The molecule has 1 saturated heterocycles. The summed E-state index contributed by atoms with van der Waals surface area (Å²) in [6.07, 6.45) is 1.92. The number of carbonyl (C=O) groups excluding carboxylic acids is 3. The highest BCUT2D eigenvalue weighted by atomic mass is 16.2. The van der Waals surface area contributed by atoms with Crippen LogP contribution < -0.4 is 10.6 Å². The first kappa shape index (κ1) is 23.5. The second kappa shape index (κ2) is 10.9. The van der Waals surface area contributed by atoms with Crippen molar-refractivity contribution in [1.29, 1.82) is 0 Å². The number of likely N-dealkylation sites (tertiary alicyclic amines) is 1. The summed E-state index contributed by atoms with van der Waals surface area (Å²) in [6, 6.07) is 15.9. The van der Waals surface area contributed by atoms with Gasteiger partial charge in [0.2, 0.25) is 11.8 Å². The molecule has 0 radical (unpaired) electrons. The summed E-state index contributed by atoms with van der Waals surface area (Å²) >= 11 is 0. The fraction of sp³-hybridized carbons (Fsp3) is 0.423. The Morgan fingerprint density at radius 2 is 1.72 bits per heavy atom. The fourth-order valence-corrected chi connectivity index (χ4v) is 4.16. The number of benzene rings is 2. The Bertz CT molecular complexity index is 942. The van der Waals surface area contributed by atoms with E-state index in [9.17, 15) is 14.4 Å². The van der Waals surface area contributed by atoms with Gasteiger partial charge in [-0.2, -0.15) is 0 Å². The van der Waals surface area contributed by atoms with Gasteiger partial charge in [-0.3, -0.25) is 14.4 Å². The number of nitrogens with one attached hydrogen (secondary N) is 2. The van der Waals surface area contributed by atoms with E-state index in [-0.39, 0.29) is 23.6 Å². The van der Waals surface area contributed by atoms with Crippen molar-refractivity contribution in [3.63, 3.8) is 0 Å². The van der Waals surface area contributed by atoms with Crippen LogP contribution >= 0.6 is 0 Å². The van der Waals surface area contributed by atoms with Crippen molar-refractivity contribution in [2.45, 2.75) is 58.7 Å². The van der Waals surface area contributed by atoms with Crippen LogP contribution in [0.2, 0.25) is 0 Å². The standard InChI is InChI=1S/C26H33N3O3/c1-18(2)16-22(28-24(30)21-13-8-7-10-19(21)3)26(32)29-15-9-14-23(29)25(31)27-17-20-11-5-4-6-12-20/h4-8,10-13,18,22-23H,9,14-17H2,1-3H3,(H,27,31)(H,28,30)/t22-,23-/m0/s1. The number of nitrogens with zero attached hydrogens (tertiary/aromatic N) is 1. The van der Waals surface area contributed by atoms with Gasteiger partial charge in [0.25, 0.3) is 5.91 Å². The number of carbonyl (C=O) groups is 3. The third kappa shape index (κ3) is 5.96. The number of hydrogen-bond acceptors (Lipinski definition) is 3. The van der Waals surface area contributed by atoms with Crippen LogP contribution in [-0.2, 0) is 16.1 Å². The zero-order valence-corrected chi connectivity index (χ0v) is 19.1. The summed E-state index contributed by atoms with van der Waals surface area (Å²) in [5, 5.41) is 5.90. The van der Waals surface area contributed by atoms with Crippen molar-refractivity contribution in [1.82, 2.24) is 15.5 Å². The van der Waals surface area contributed by atoms with Gasteiger partial charge in [0, 0.05) is 18.7 Å². The molecule has 2 aromatic carbocycles. The van der Waals surface area contributed by atoms with Gasteiger partial charge in [-0.15, -0.1) is 0 Å². The van der Waals surface area contributed by atoms with Gasteiger partial charge in [0.05, 0.1) is 0 Å². The number of rotatable bonds is 8. The van der Waals surface area contributed by atoms with Crippen LogP contribution in [0.15, 0.2) is 54.6 Å². The maximum atomic E-state index is 13.5. The zero-order valence-electron chi connectivity index (χ0n) is 19.1. The highest BCUT2D eigenvalue weighted by molar-refractivity contribution is 5.99. The molecule has 0 spiro atoms. The second-order valence-corrected chi connectivity index (χ2v) is 8.86. The summed E-state index contributed by atoms with van der Waals surface area (Å²) in [4.78, 5) is 40.9. The largest absolute Gasteiger partial charge is 0.350 e. The molecule has 1 fully saturated rings. The van der Waals surface area contributed by atoms with E-state index in [4.69, 9.17) is 0 Å². The van der Waals surface area contributed by atoms with E-state index < -0.39 is 12.1 Å². The van der Waals surface area contributed by atoms with E-state index in [1.807, 2.05) is 69.3 Å². The Morgan fingerprint density at radius 3 is 2.41 bits per heavy atom. The molecule has 170 valence electrons. The maximum absolute atomic E-state index is 13.5. The molecule has 1 aliphatic rings. The topological polar surface area (TPSA) is 78.5 Å². The van der Waals surface area contributed by atoms with Crippen molar-refractivity contribution in [3.8, 4) is 0 Å². The summed E-state index contributed by atoms with van der Waals surface area (Å²) < 4.78 is 0. The van der Waals surface area contributed by atoms with Gasteiger partial charge in [-0.25, -0.2) is 0 Å². The van der Waals surface area contributed by atoms with Gasteiger partial charge < -0.3 is 15.5 Å². The molecule has 3 amide bonds. The quantitative estimate of drug-likeness (QED) is 0.667. The zero-order chi connectivity index (χ0) is 23.1. The fourth-order valence-electron chi connectivity index (χ4n) is 4.16. The molecule has 2 N–H and O–H groups in total. The predicted octanol–water partition coefficient (Wildman–Crippen LogP) is 3.45. The molecule has 0 bridgehead atoms. The van der Waals surface area contributed by atoms with E-state index in [1.54, 1.807) is 11.0 Å². The predicted molar refractivity (Wildman–Crippen MR) is 125 cm³/mol. The lowest BCUT2D eigenvalue weighted by Crippen LogP contribution is -2.53. The highest BCUT2D eigenvalue weighted by Crippen LogP contribution is 2.21. The van der Waals surface area contributed by atoms with Gasteiger partial charge >= 0.3 is 0 Å². The molecule has 0 aromatic heterocycles. The van der Waals surface area contributed by atoms with Crippen LogP contribution in [0.25, 0.3) is 0 Å². The SMILES string of the molecule is Cc1ccccc1C(=O)N[C@@H](CC(C)C)C(=O)N1CCC[C@H]1C(=O)NCc1ccccc1. The van der Waals surface area contributed by atoms with E-state index >= 15 is 0 Å². The first-order valence-electron chi connectivity index (χ1n) is 11.4. The third-order valence-corrected chi connectivity index (χ3v) is 5.85. The summed E-state index contributed by atoms with van der Waals surface area (Å²) in [5.74, 6) is -0.369. The molecular weight excluding hydrogens is 402 g/mol. The first-order valence-corrected chi connectivity index (χ1v) is 11.4. The monoisotopic (exact) mass is 435 g/mol. The molecule has 1 aliphatic heterocycles. The maximum Gasteiger partial charge on any atom is 0.252 e. The molecule has 6 heteroatoms. The van der Waals surface area contributed by atoms with E-state index in [0.717, 1.165) is 17.5 Å². The first-order chi connectivity index (χ1) is 15.4. The van der Waals surface area contributed by atoms with Gasteiger partial charge in [0.1, 0.15) is 12.1 Å². The summed E-state index contributed by atoms with van der Waals surface area (Å²) in [7, 11) is 0. The van der Waals surface area contributed by atoms with E-state index in [1.165, 1.54) is 0 Å². The van der Waals surface area contributed by atoms with E-state index in [0.29, 0.717) is 31.5 Å². The number of aryl methyl sites for hydroxylation is 1. The minimum absolute atomic E-state index is 0.145. The summed E-state index contributed by atoms with van der Waals surface area (Å²) in [6.45, 7) is 6.87.